The Morgan fingerprint density at radius 2 is 2.40 bits per heavy atom. The van der Waals surface area contributed by atoms with Crippen molar-refractivity contribution >= 4 is 0 Å². The zero-order valence-corrected chi connectivity index (χ0v) is 6.21. The number of nitrogens with zero attached hydrogens (tertiary/aromatic N) is 1. The molecule has 0 unspecified atom stereocenters. The fourth-order valence-electron chi connectivity index (χ4n) is 2.00. The molecule has 2 saturated heterocycles. The van der Waals surface area contributed by atoms with Crippen LogP contribution in [0.5, 0.6) is 0 Å². The van der Waals surface area contributed by atoms with E-state index in [0.29, 0.717) is 6.04 Å². The Morgan fingerprint density at radius 3 is 3.20 bits per heavy atom. The van der Waals surface area contributed by atoms with Crippen molar-refractivity contribution in [2.45, 2.75) is 18.5 Å². The molecule has 0 bridgehead atoms. The van der Waals surface area contributed by atoms with E-state index in [1.54, 1.807) is 0 Å². The van der Waals surface area contributed by atoms with E-state index in [1.807, 2.05) is 0 Å². The number of nitrogens with two attached hydrogens (primary N) is 1. The molecule has 0 aromatic carbocycles. The van der Waals surface area contributed by atoms with Crippen molar-refractivity contribution in [1.29, 1.82) is 0 Å². The van der Waals surface area contributed by atoms with Gasteiger partial charge in [0.05, 0.1) is 0 Å². The van der Waals surface area contributed by atoms with Crippen molar-refractivity contribution < 1.29 is 0 Å². The highest BCUT2D eigenvalue weighted by Gasteiger charge is 2.30. The van der Waals surface area contributed by atoms with Gasteiger partial charge in [-0.15, -0.1) is 0 Å². The molecule has 10 heavy (non-hydrogen) atoms. The molecule has 58 valence electrons. The zero-order valence-electron chi connectivity index (χ0n) is 6.21. The summed E-state index contributed by atoms with van der Waals surface area (Å²) >= 11 is 0. The quantitative estimate of drug-likeness (QED) is 0.454. The van der Waals surface area contributed by atoms with Crippen LogP contribution < -0.4 is 11.1 Å². The van der Waals surface area contributed by atoms with Crippen LogP contribution in [0.4, 0.5) is 0 Å². The van der Waals surface area contributed by atoms with Crippen molar-refractivity contribution in [1.82, 2.24) is 10.2 Å². The lowest BCUT2D eigenvalue weighted by Gasteiger charge is -2.29. The molecule has 2 rings (SSSR count). The van der Waals surface area contributed by atoms with Gasteiger partial charge in [0, 0.05) is 38.3 Å². The molecule has 0 spiro atoms. The molecule has 2 aliphatic heterocycles. The van der Waals surface area contributed by atoms with Gasteiger partial charge in [-0.2, -0.15) is 0 Å². The molecule has 0 saturated carbocycles. The van der Waals surface area contributed by atoms with Crippen LogP contribution in [-0.4, -0.2) is 43.2 Å². The van der Waals surface area contributed by atoms with Crippen molar-refractivity contribution in [3.05, 3.63) is 0 Å². The van der Waals surface area contributed by atoms with Gasteiger partial charge in [-0.25, -0.2) is 0 Å². The van der Waals surface area contributed by atoms with Gasteiger partial charge >= 0.3 is 0 Å². The topological polar surface area (TPSA) is 41.3 Å². The highest BCUT2D eigenvalue weighted by molar-refractivity contribution is 4.91. The summed E-state index contributed by atoms with van der Waals surface area (Å²) in [6.07, 6.45) is 1.19. The first-order valence-electron chi connectivity index (χ1n) is 4.06. The highest BCUT2D eigenvalue weighted by Crippen LogP contribution is 2.16. The molecular weight excluding hydrogens is 126 g/mol. The van der Waals surface area contributed by atoms with E-state index >= 15 is 0 Å². The van der Waals surface area contributed by atoms with Crippen molar-refractivity contribution in [3.63, 3.8) is 0 Å². The third kappa shape index (κ3) is 1.05. The van der Waals surface area contributed by atoms with Gasteiger partial charge in [0.1, 0.15) is 0 Å². The molecule has 0 amide bonds. The summed E-state index contributed by atoms with van der Waals surface area (Å²) in [4.78, 5) is 2.50. The second kappa shape index (κ2) is 2.49. The summed E-state index contributed by atoms with van der Waals surface area (Å²) in [5.41, 5.74) is 5.82. The van der Waals surface area contributed by atoms with Crippen LogP contribution in [0.25, 0.3) is 0 Å². The van der Waals surface area contributed by atoms with Crippen molar-refractivity contribution in [2.24, 2.45) is 5.73 Å². The molecule has 2 atom stereocenters. The predicted molar refractivity (Wildman–Crippen MR) is 40.8 cm³/mol. The maximum Gasteiger partial charge on any atom is 0.0237 e. The molecule has 3 heteroatoms. The Balaban J connectivity index is 1.97. The average molecular weight is 141 g/mol. The van der Waals surface area contributed by atoms with Crippen LogP contribution in [0.1, 0.15) is 6.42 Å². The SMILES string of the molecule is N[C@H]1C[C@@H]2CNCCN2C1. The third-order valence-electron chi connectivity index (χ3n) is 2.52. The fraction of sp³-hybridized carbons (Fsp3) is 1.00. The lowest BCUT2D eigenvalue weighted by Crippen LogP contribution is -2.47. The fourth-order valence-corrected chi connectivity index (χ4v) is 2.00. The summed E-state index contributed by atoms with van der Waals surface area (Å²) in [6, 6.07) is 1.17. The van der Waals surface area contributed by atoms with Gasteiger partial charge in [0.25, 0.3) is 0 Å². The van der Waals surface area contributed by atoms with Gasteiger partial charge in [-0.05, 0) is 6.42 Å². The van der Waals surface area contributed by atoms with E-state index in [0.717, 1.165) is 25.7 Å². The number of fused-ring (bicyclic) bond motifs is 1. The van der Waals surface area contributed by atoms with E-state index in [2.05, 4.69) is 10.2 Å². The summed E-state index contributed by atoms with van der Waals surface area (Å²) in [6.45, 7) is 4.60. The van der Waals surface area contributed by atoms with Gasteiger partial charge in [-0.1, -0.05) is 0 Å². The Morgan fingerprint density at radius 1 is 1.50 bits per heavy atom. The molecule has 3 N–H and O–H groups in total. The first-order chi connectivity index (χ1) is 4.86. The normalized spacial score (nSPS) is 41.7. The lowest BCUT2D eigenvalue weighted by molar-refractivity contribution is 0.212. The maximum absolute atomic E-state index is 5.82. The first-order valence-corrected chi connectivity index (χ1v) is 4.06. The molecule has 0 aromatic heterocycles. The minimum Gasteiger partial charge on any atom is -0.326 e. The standard InChI is InChI=1S/C7H15N3/c8-6-3-7-4-9-1-2-10(7)5-6/h6-7,9H,1-5,8H2/t6-,7+/m0/s1. The Bertz CT molecular complexity index is 112. The second-order valence-electron chi connectivity index (χ2n) is 3.35. The molecule has 0 radical (unpaired) electrons. The van der Waals surface area contributed by atoms with E-state index < -0.39 is 0 Å². The summed E-state index contributed by atoms with van der Waals surface area (Å²) in [7, 11) is 0. The molecule has 2 aliphatic rings. The monoisotopic (exact) mass is 141 g/mol. The molecule has 0 aromatic rings. The summed E-state index contributed by atoms with van der Waals surface area (Å²) < 4.78 is 0. The average Bonchev–Trinajstić information content (AvgIpc) is 2.27. The van der Waals surface area contributed by atoms with Crippen LogP contribution in [0.15, 0.2) is 0 Å². The van der Waals surface area contributed by atoms with Gasteiger partial charge in [-0.3, -0.25) is 4.90 Å². The Kier molecular flexibility index (Phi) is 1.64. The Hall–Kier alpha value is -0.120. The minimum absolute atomic E-state index is 0.435. The first kappa shape index (κ1) is 6.58. The van der Waals surface area contributed by atoms with E-state index in [9.17, 15) is 0 Å². The summed E-state index contributed by atoms with van der Waals surface area (Å²) in [5.74, 6) is 0. The van der Waals surface area contributed by atoms with Crippen molar-refractivity contribution in [2.75, 3.05) is 26.2 Å². The van der Waals surface area contributed by atoms with Gasteiger partial charge in [0.15, 0.2) is 0 Å². The van der Waals surface area contributed by atoms with Gasteiger partial charge in [0.2, 0.25) is 0 Å². The van der Waals surface area contributed by atoms with Crippen molar-refractivity contribution in [3.8, 4) is 0 Å². The molecular formula is C7H15N3. The zero-order chi connectivity index (χ0) is 6.97. The van der Waals surface area contributed by atoms with Gasteiger partial charge < -0.3 is 11.1 Å². The smallest absolute Gasteiger partial charge is 0.0237 e. The van der Waals surface area contributed by atoms with Crippen LogP contribution in [-0.2, 0) is 0 Å². The van der Waals surface area contributed by atoms with Crippen LogP contribution in [0.3, 0.4) is 0 Å². The number of rotatable bonds is 0. The van der Waals surface area contributed by atoms with E-state index in [1.165, 1.54) is 13.0 Å². The second-order valence-corrected chi connectivity index (χ2v) is 3.35. The number of piperazine rings is 1. The number of hydrogen-bond donors (Lipinski definition) is 2. The predicted octanol–water partition coefficient (Wildman–Crippen LogP) is -1.01. The Labute approximate surface area is 61.6 Å². The highest BCUT2D eigenvalue weighted by atomic mass is 15.2. The molecule has 2 fully saturated rings. The number of hydrogen-bond acceptors (Lipinski definition) is 3. The lowest BCUT2D eigenvalue weighted by atomic mass is 10.1. The van der Waals surface area contributed by atoms with E-state index in [-0.39, 0.29) is 0 Å². The maximum atomic E-state index is 5.82. The largest absolute Gasteiger partial charge is 0.326 e. The molecule has 3 nitrogen and oxygen atoms in total. The third-order valence-corrected chi connectivity index (χ3v) is 2.52. The minimum atomic E-state index is 0.435. The number of nitrogens with one attached hydrogen (secondary N) is 1. The van der Waals surface area contributed by atoms with E-state index in [4.69, 9.17) is 5.73 Å². The van der Waals surface area contributed by atoms with Crippen LogP contribution in [0.2, 0.25) is 0 Å². The van der Waals surface area contributed by atoms with Crippen LogP contribution in [0, 0.1) is 0 Å². The summed E-state index contributed by atoms with van der Waals surface area (Å²) in [5, 5.41) is 3.38. The molecule has 0 aliphatic carbocycles. The van der Waals surface area contributed by atoms with Crippen LogP contribution >= 0.6 is 0 Å². The molecule has 2 heterocycles.